The predicted molar refractivity (Wildman–Crippen MR) is 219 cm³/mol. The molecular formula is C49H47N3. The van der Waals surface area contributed by atoms with Crippen molar-refractivity contribution in [2.24, 2.45) is 0 Å². The fraction of sp³-hybridized carbons (Fsp3) is 0.204. The first kappa shape index (κ1) is 34.8. The Labute approximate surface area is 309 Å². The smallest absolute Gasteiger partial charge is 0.161 e. The van der Waals surface area contributed by atoms with Gasteiger partial charge in [-0.3, -0.25) is 4.98 Å². The van der Waals surface area contributed by atoms with Crippen molar-refractivity contribution in [3.63, 3.8) is 0 Å². The fourth-order valence-electron chi connectivity index (χ4n) is 6.82. The van der Waals surface area contributed by atoms with Gasteiger partial charge < -0.3 is 0 Å². The molecule has 0 bridgehead atoms. The Hall–Kier alpha value is -5.67. The largest absolute Gasteiger partial charge is 0.255 e. The summed E-state index contributed by atoms with van der Waals surface area (Å²) in [7, 11) is 0. The van der Waals surface area contributed by atoms with Gasteiger partial charge in [0.15, 0.2) is 5.82 Å². The molecule has 0 saturated heterocycles. The first-order chi connectivity index (χ1) is 24.8. The Kier molecular flexibility index (Phi) is 9.23. The minimum Gasteiger partial charge on any atom is -0.255 e. The minimum absolute atomic E-state index is 0.0994. The van der Waals surface area contributed by atoms with Gasteiger partial charge in [-0.2, -0.15) is 0 Å². The van der Waals surface area contributed by atoms with Crippen LogP contribution >= 0.6 is 0 Å². The fourth-order valence-corrected chi connectivity index (χ4v) is 6.82. The number of hydrogen-bond donors (Lipinski definition) is 0. The van der Waals surface area contributed by atoms with E-state index in [9.17, 15) is 0 Å². The van der Waals surface area contributed by atoms with Gasteiger partial charge >= 0.3 is 0 Å². The van der Waals surface area contributed by atoms with E-state index in [0.29, 0.717) is 5.82 Å². The number of aryl methyl sites for hydroxylation is 2. The summed E-state index contributed by atoms with van der Waals surface area (Å²) in [5, 5.41) is 0. The lowest BCUT2D eigenvalue weighted by Crippen LogP contribution is -2.20. The molecular weight excluding hydrogens is 631 g/mol. The topological polar surface area (TPSA) is 38.7 Å². The number of rotatable bonds is 6. The normalized spacial score (nSPS) is 11.8. The molecule has 0 aliphatic heterocycles. The summed E-state index contributed by atoms with van der Waals surface area (Å²) in [6, 6.07) is 48.2. The van der Waals surface area contributed by atoms with Gasteiger partial charge in [0.1, 0.15) is 0 Å². The Morgan fingerprint density at radius 1 is 0.385 bits per heavy atom. The van der Waals surface area contributed by atoms with Crippen molar-refractivity contribution in [1.82, 2.24) is 15.0 Å². The standard InChI is InChI=1S/C49H47N3/c1-32-25-33(2)27-39(26-32)40-19-12-13-20-41(40)42-23-21-37(29-43(42)36-18-14-17-35(28-36)34-15-10-9-11-16-34)44-24-22-38(31-50-44)47-51-45(48(3,4)5)30-46(52-47)49(6,7)8/h9-31H,1-8H3. The SMILES string of the molecule is Cc1cc(C)cc(-c2ccccc2-c2ccc(-c3ccc(-c4nc(C(C)(C)C)cc(C(C)(C)C)n4)cn3)cc2-c2cccc(-c3ccccc3)c2)c1. The van der Waals surface area contributed by atoms with Gasteiger partial charge in [0.2, 0.25) is 0 Å². The van der Waals surface area contributed by atoms with E-state index in [1.165, 1.54) is 44.5 Å². The van der Waals surface area contributed by atoms with Crippen LogP contribution in [-0.4, -0.2) is 15.0 Å². The maximum atomic E-state index is 5.02. The zero-order valence-corrected chi connectivity index (χ0v) is 31.6. The second kappa shape index (κ2) is 13.8. The van der Waals surface area contributed by atoms with Crippen LogP contribution in [0.15, 0.2) is 140 Å². The van der Waals surface area contributed by atoms with E-state index in [-0.39, 0.29) is 10.8 Å². The van der Waals surface area contributed by atoms with Crippen LogP contribution in [0.1, 0.15) is 64.1 Å². The van der Waals surface area contributed by atoms with Gasteiger partial charge in [-0.25, -0.2) is 9.97 Å². The predicted octanol–water partition coefficient (Wildman–Crippen LogP) is 13.1. The summed E-state index contributed by atoms with van der Waals surface area (Å²) in [6.45, 7) is 17.5. The molecule has 0 N–H and O–H groups in total. The second-order valence-corrected chi connectivity index (χ2v) is 16.0. The third kappa shape index (κ3) is 7.36. The summed E-state index contributed by atoms with van der Waals surface area (Å²) < 4.78 is 0. The minimum atomic E-state index is -0.0994. The summed E-state index contributed by atoms with van der Waals surface area (Å²) in [5.41, 5.74) is 16.8. The molecule has 0 amide bonds. The molecule has 3 nitrogen and oxygen atoms in total. The van der Waals surface area contributed by atoms with Gasteiger partial charge in [-0.05, 0) is 88.7 Å². The zero-order valence-electron chi connectivity index (χ0n) is 31.6. The molecule has 0 aliphatic carbocycles. The van der Waals surface area contributed by atoms with Crippen LogP contribution in [0.25, 0.3) is 67.2 Å². The Morgan fingerprint density at radius 2 is 0.962 bits per heavy atom. The average Bonchev–Trinajstić information content (AvgIpc) is 3.14. The molecule has 258 valence electrons. The van der Waals surface area contributed by atoms with Crippen molar-refractivity contribution in [3.8, 4) is 67.2 Å². The number of nitrogens with zero attached hydrogens (tertiary/aromatic N) is 3. The van der Waals surface area contributed by atoms with E-state index >= 15 is 0 Å². The molecule has 2 aromatic heterocycles. The molecule has 5 aromatic carbocycles. The first-order valence-corrected chi connectivity index (χ1v) is 18.2. The summed E-state index contributed by atoms with van der Waals surface area (Å²) in [6.07, 6.45) is 1.92. The lowest BCUT2D eigenvalue weighted by molar-refractivity contribution is 0.539. The van der Waals surface area contributed by atoms with E-state index in [2.05, 4.69) is 189 Å². The van der Waals surface area contributed by atoms with Crippen LogP contribution in [0.4, 0.5) is 0 Å². The van der Waals surface area contributed by atoms with Gasteiger partial charge in [0.05, 0.1) is 17.1 Å². The highest BCUT2D eigenvalue weighted by atomic mass is 14.9. The van der Waals surface area contributed by atoms with Crippen molar-refractivity contribution in [2.45, 2.75) is 66.2 Å². The van der Waals surface area contributed by atoms with Crippen molar-refractivity contribution in [2.75, 3.05) is 0 Å². The molecule has 0 spiro atoms. The Bertz CT molecular complexity index is 2320. The highest BCUT2D eigenvalue weighted by molar-refractivity contribution is 5.94. The second-order valence-electron chi connectivity index (χ2n) is 16.0. The average molecular weight is 678 g/mol. The molecule has 2 heterocycles. The number of aromatic nitrogens is 3. The van der Waals surface area contributed by atoms with Crippen molar-refractivity contribution in [3.05, 3.63) is 162 Å². The maximum Gasteiger partial charge on any atom is 0.161 e. The van der Waals surface area contributed by atoms with Gasteiger partial charge in [0.25, 0.3) is 0 Å². The van der Waals surface area contributed by atoms with Gasteiger partial charge in [0, 0.05) is 28.2 Å². The zero-order chi connectivity index (χ0) is 36.6. The van der Waals surface area contributed by atoms with E-state index in [1.807, 2.05) is 6.20 Å². The summed E-state index contributed by atoms with van der Waals surface area (Å²) in [4.78, 5) is 15.0. The maximum absolute atomic E-state index is 5.02. The molecule has 0 saturated carbocycles. The van der Waals surface area contributed by atoms with E-state index in [0.717, 1.165) is 39.3 Å². The number of benzene rings is 5. The summed E-state index contributed by atoms with van der Waals surface area (Å²) >= 11 is 0. The van der Waals surface area contributed by atoms with Crippen molar-refractivity contribution < 1.29 is 0 Å². The molecule has 52 heavy (non-hydrogen) atoms. The van der Waals surface area contributed by atoms with E-state index in [4.69, 9.17) is 15.0 Å². The Morgan fingerprint density at radius 3 is 1.60 bits per heavy atom. The molecule has 0 unspecified atom stereocenters. The quantitative estimate of drug-likeness (QED) is 0.176. The number of hydrogen-bond acceptors (Lipinski definition) is 3. The molecule has 7 rings (SSSR count). The molecule has 0 fully saturated rings. The Balaban J connectivity index is 1.36. The van der Waals surface area contributed by atoms with Crippen LogP contribution in [-0.2, 0) is 10.8 Å². The lowest BCUT2D eigenvalue weighted by Gasteiger charge is -2.24. The first-order valence-electron chi connectivity index (χ1n) is 18.2. The van der Waals surface area contributed by atoms with E-state index < -0.39 is 0 Å². The van der Waals surface area contributed by atoms with Crippen LogP contribution in [0, 0.1) is 13.8 Å². The molecule has 3 heteroatoms. The number of pyridine rings is 1. The third-order valence-electron chi connectivity index (χ3n) is 9.63. The molecule has 0 aliphatic rings. The molecule has 0 radical (unpaired) electrons. The molecule has 0 atom stereocenters. The van der Waals surface area contributed by atoms with Crippen LogP contribution in [0.3, 0.4) is 0 Å². The van der Waals surface area contributed by atoms with E-state index in [1.54, 1.807) is 0 Å². The highest BCUT2D eigenvalue weighted by Gasteiger charge is 2.24. The van der Waals surface area contributed by atoms with Crippen molar-refractivity contribution >= 4 is 0 Å². The van der Waals surface area contributed by atoms with Gasteiger partial charge in [-0.1, -0.05) is 156 Å². The van der Waals surface area contributed by atoms with Crippen LogP contribution in [0.5, 0.6) is 0 Å². The highest BCUT2D eigenvalue weighted by Crippen LogP contribution is 2.41. The van der Waals surface area contributed by atoms with Crippen LogP contribution in [0.2, 0.25) is 0 Å². The molecule has 7 aromatic rings. The summed E-state index contributed by atoms with van der Waals surface area (Å²) in [5.74, 6) is 0.716. The van der Waals surface area contributed by atoms with Gasteiger partial charge in [-0.15, -0.1) is 0 Å². The monoisotopic (exact) mass is 677 g/mol. The third-order valence-corrected chi connectivity index (χ3v) is 9.63. The van der Waals surface area contributed by atoms with Crippen LogP contribution < -0.4 is 0 Å². The van der Waals surface area contributed by atoms with Crippen molar-refractivity contribution in [1.29, 1.82) is 0 Å². The lowest BCUT2D eigenvalue weighted by atomic mass is 9.86.